The van der Waals surface area contributed by atoms with Crippen LogP contribution in [0.25, 0.3) is 11.0 Å². The van der Waals surface area contributed by atoms with Gasteiger partial charge in [-0.2, -0.15) is 18.7 Å². The van der Waals surface area contributed by atoms with Gasteiger partial charge in [0.05, 0.1) is 6.54 Å². The first-order valence-corrected chi connectivity index (χ1v) is 5.53. The molecule has 0 fully saturated rings. The molecule has 8 heteroatoms. The topological polar surface area (TPSA) is 71.7 Å². The number of alkyl halides is 3. The van der Waals surface area contributed by atoms with Crippen LogP contribution >= 0.6 is 0 Å². The lowest BCUT2D eigenvalue weighted by Crippen LogP contribution is -2.24. The van der Waals surface area contributed by atoms with E-state index in [2.05, 4.69) is 4.84 Å². The number of rotatable bonds is 5. The molecule has 1 aromatic heterocycles. The maximum absolute atomic E-state index is 11.9. The number of halogens is 3. The van der Waals surface area contributed by atoms with Crippen molar-refractivity contribution in [2.75, 3.05) is 6.61 Å². The molecule has 0 amide bonds. The van der Waals surface area contributed by atoms with Crippen LogP contribution in [0.1, 0.15) is 16.1 Å². The highest BCUT2D eigenvalue weighted by Crippen LogP contribution is 2.25. The molecule has 108 valence electrons. The molecule has 0 saturated carbocycles. The second-order valence-corrected chi connectivity index (χ2v) is 3.93. The summed E-state index contributed by atoms with van der Waals surface area (Å²) >= 11 is 0. The molecule has 2 N–H and O–H groups in total. The lowest BCUT2D eigenvalue weighted by atomic mass is 10.1. The normalized spacial score (nSPS) is 11.9. The summed E-state index contributed by atoms with van der Waals surface area (Å²) < 4.78 is 40.9. The van der Waals surface area contributed by atoms with E-state index in [4.69, 9.17) is 9.52 Å². The monoisotopic (exact) mass is 289 g/mol. The number of carboxylic acids is 1. The number of hydroxylamine groups is 1. The zero-order valence-corrected chi connectivity index (χ0v) is 10.0. The first-order valence-electron chi connectivity index (χ1n) is 5.53. The van der Waals surface area contributed by atoms with Gasteiger partial charge < -0.3 is 9.52 Å². The minimum atomic E-state index is -4.46. The number of carboxylic acid groups (broad SMARTS) is 1. The molecule has 5 nitrogen and oxygen atoms in total. The van der Waals surface area contributed by atoms with E-state index in [0.717, 1.165) is 0 Å². The van der Waals surface area contributed by atoms with Crippen LogP contribution in [0.3, 0.4) is 0 Å². The van der Waals surface area contributed by atoms with Crippen LogP contribution in [-0.4, -0.2) is 23.9 Å². The van der Waals surface area contributed by atoms with Crippen LogP contribution in [-0.2, 0) is 11.4 Å². The smallest absolute Gasteiger partial charge is 0.413 e. The van der Waals surface area contributed by atoms with E-state index in [1.54, 1.807) is 24.3 Å². The number of fused-ring (bicyclic) bond motifs is 1. The summed E-state index contributed by atoms with van der Waals surface area (Å²) in [6.45, 7) is -1.76. The highest BCUT2D eigenvalue weighted by molar-refractivity contribution is 6.03. The summed E-state index contributed by atoms with van der Waals surface area (Å²) in [6.07, 6.45) is -4.46. The zero-order chi connectivity index (χ0) is 14.8. The van der Waals surface area contributed by atoms with Crippen LogP contribution in [0.4, 0.5) is 13.2 Å². The number of aromatic carboxylic acids is 1. The second kappa shape index (κ2) is 5.51. The number of para-hydroxylation sites is 1. The Morgan fingerprint density at radius 3 is 2.70 bits per heavy atom. The molecule has 0 atom stereocenters. The molecule has 2 rings (SSSR count). The Kier molecular flexibility index (Phi) is 3.96. The van der Waals surface area contributed by atoms with Crippen molar-refractivity contribution in [3.8, 4) is 0 Å². The predicted octanol–water partition coefficient (Wildman–Crippen LogP) is 2.71. The molecule has 0 spiro atoms. The number of benzene rings is 1. The van der Waals surface area contributed by atoms with Gasteiger partial charge in [0, 0.05) is 5.39 Å². The largest absolute Gasteiger partial charge is 0.478 e. The van der Waals surface area contributed by atoms with Crippen molar-refractivity contribution < 1.29 is 32.3 Å². The van der Waals surface area contributed by atoms with Crippen LogP contribution in [0, 0.1) is 0 Å². The second-order valence-electron chi connectivity index (χ2n) is 3.93. The number of carbonyl (C=O) groups is 1. The molecule has 20 heavy (non-hydrogen) atoms. The van der Waals surface area contributed by atoms with Gasteiger partial charge in [-0.15, -0.1) is 0 Å². The third-order valence-electron chi connectivity index (χ3n) is 2.45. The van der Waals surface area contributed by atoms with E-state index >= 15 is 0 Å². The Labute approximate surface area is 110 Å². The van der Waals surface area contributed by atoms with Crippen LogP contribution in [0.5, 0.6) is 0 Å². The average molecular weight is 289 g/mol. The lowest BCUT2D eigenvalue weighted by Gasteiger charge is -2.07. The Balaban J connectivity index is 2.13. The van der Waals surface area contributed by atoms with Gasteiger partial charge in [-0.3, -0.25) is 4.84 Å². The maximum atomic E-state index is 11.9. The van der Waals surface area contributed by atoms with Gasteiger partial charge in [-0.25, -0.2) is 4.79 Å². The Hall–Kier alpha value is -2.06. The molecular weight excluding hydrogens is 279 g/mol. The summed E-state index contributed by atoms with van der Waals surface area (Å²) in [5.41, 5.74) is 2.29. The molecule has 0 aliphatic carbocycles. The average Bonchev–Trinajstić information content (AvgIpc) is 2.71. The molecular formula is C12H10F3NO4. The van der Waals surface area contributed by atoms with Gasteiger partial charge in [0.25, 0.3) is 0 Å². The quantitative estimate of drug-likeness (QED) is 0.654. The summed E-state index contributed by atoms with van der Waals surface area (Å²) in [5, 5.41) is 9.51. The van der Waals surface area contributed by atoms with E-state index in [1.807, 2.05) is 5.48 Å². The zero-order valence-electron chi connectivity index (χ0n) is 10.0. The van der Waals surface area contributed by atoms with Crippen molar-refractivity contribution in [2.45, 2.75) is 12.7 Å². The Morgan fingerprint density at radius 1 is 1.35 bits per heavy atom. The van der Waals surface area contributed by atoms with Crippen molar-refractivity contribution in [3.05, 3.63) is 35.6 Å². The third kappa shape index (κ3) is 3.28. The molecule has 0 radical (unpaired) electrons. The van der Waals surface area contributed by atoms with Gasteiger partial charge >= 0.3 is 12.1 Å². The Morgan fingerprint density at radius 2 is 2.05 bits per heavy atom. The van der Waals surface area contributed by atoms with Gasteiger partial charge in [0.1, 0.15) is 16.9 Å². The van der Waals surface area contributed by atoms with Gasteiger partial charge in [-0.05, 0) is 6.07 Å². The SMILES string of the molecule is O=C(O)c1c(CNOCC(F)(F)F)oc2ccccc12. The van der Waals surface area contributed by atoms with Crippen LogP contribution < -0.4 is 5.48 Å². The minimum Gasteiger partial charge on any atom is -0.478 e. The van der Waals surface area contributed by atoms with E-state index in [-0.39, 0.29) is 17.9 Å². The van der Waals surface area contributed by atoms with Crippen molar-refractivity contribution >= 4 is 16.9 Å². The lowest BCUT2D eigenvalue weighted by molar-refractivity contribution is -0.190. The molecule has 1 heterocycles. The fraction of sp³-hybridized carbons (Fsp3) is 0.250. The Bertz CT molecular complexity index is 621. The third-order valence-corrected chi connectivity index (χ3v) is 2.45. The highest BCUT2D eigenvalue weighted by Gasteiger charge is 2.28. The molecule has 1 aromatic carbocycles. The summed E-state index contributed by atoms with van der Waals surface area (Å²) in [7, 11) is 0. The number of nitrogens with one attached hydrogen (secondary N) is 1. The van der Waals surface area contributed by atoms with Crippen molar-refractivity contribution in [3.63, 3.8) is 0 Å². The van der Waals surface area contributed by atoms with Crippen molar-refractivity contribution in [1.29, 1.82) is 0 Å². The number of furan rings is 1. The fourth-order valence-corrected chi connectivity index (χ4v) is 1.70. The van der Waals surface area contributed by atoms with Gasteiger partial charge in [-0.1, -0.05) is 18.2 Å². The molecule has 0 aliphatic heterocycles. The van der Waals surface area contributed by atoms with Gasteiger partial charge in [0.15, 0.2) is 6.61 Å². The van der Waals surface area contributed by atoms with Gasteiger partial charge in [0.2, 0.25) is 0 Å². The van der Waals surface area contributed by atoms with Crippen molar-refractivity contribution in [1.82, 2.24) is 5.48 Å². The van der Waals surface area contributed by atoms with E-state index in [9.17, 15) is 18.0 Å². The van der Waals surface area contributed by atoms with E-state index < -0.39 is 18.8 Å². The molecule has 0 saturated heterocycles. The first kappa shape index (κ1) is 14.4. The molecule has 0 aliphatic rings. The maximum Gasteiger partial charge on any atom is 0.413 e. The molecule has 0 unspecified atom stereocenters. The predicted molar refractivity (Wildman–Crippen MR) is 62.0 cm³/mol. The highest BCUT2D eigenvalue weighted by atomic mass is 19.4. The standard InChI is InChI=1S/C12H10F3NO4/c13-12(14,15)6-19-16-5-9-10(11(17)18)7-3-1-2-4-8(7)20-9/h1-4,16H,5-6H2,(H,17,18). The number of hydrogen-bond donors (Lipinski definition) is 2. The minimum absolute atomic E-state index is 0.000810. The summed E-state index contributed by atoms with van der Waals surface area (Å²) in [6, 6.07) is 6.43. The van der Waals surface area contributed by atoms with Crippen molar-refractivity contribution in [2.24, 2.45) is 0 Å². The van der Waals surface area contributed by atoms with Crippen LogP contribution in [0.15, 0.2) is 28.7 Å². The summed E-state index contributed by atoms with van der Waals surface area (Å²) in [5.74, 6) is -1.22. The molecule has 2 aromatic rings. The van der Waals surface area contributed by atoms with Crippen LogP contribution in [0.2, 0.25) is 0 Å². The fourth-order valence-electron chi connectivity index (χ4n) is 1.70. The summed E-state index contributed by atoms with van der Waals surface area (Å²) in [4.78, 5) is 15.4. The van der Waals surface area contributed by atoms with E-state index in [1.165, 1.54) is 0 Å². The van der Waals surface area contributed by atoms with E-state index in [0.29, 0.717) is 11.0 Å². The molecule has 0 bridgehead atoms. The number of hydrogen-bond acceptors (Lipinski definition) is 4. The first-order chi connectivity index (χ1) is 9.38.